The van der Waals surface area contributed by atoms with Gasteiger partial charge in [0.25, 0.3) is 0 Å². The summed E-state index contributed by atoms with van der Waals surface area (Å²) in [6.07, 6.45) is -0.409. The molecule has 0 unspecified atom stereocenters. The first-order valence-electron chi connectivity index (χ1n) is 7.77. The molecular formula is C18H16F3NS. The summed E-state index contributed by atoms with van der Waals surface area (Å²) in [5.74, 6) is 0. The van der Waals surface area contributed by atoms with Gasteiger partial charge in [-0.25, -0.2) is 0 Å². The normalized spacial score (nSPS) is 17.2. The van der Waals surface area contributed by atoms with Crippen LogP contribution in [0.25, 0.3) is 0 Å². The lowest BCUT2D eigenvalue weighted by Gasteiger charge is -2.31. The number of alkyl halides is 3. The van der Waals surface area contributed by atoms with Crippen LogP contribution in [0.3, 0.4) is 0 Å². The fourth-order valence-corrected chi connectivity index (χ4v) is 4.19. The van der Waals surface area contributed by atoms with Gasteiger partial charge in [0.15, 0.2) is 0 Å². The van der Waals surface area contributed by atoms with Crippen molar-refractivity contribution in [1.82, 2.24) is 0 Å². The third kappa shape index (κ3) is 2.82. The maximum Gasteiger partial charge on any atom is 0.416 e. The van der Waals surface area contributed by atoms with Crippen LogP contribution < -0.4 is 5.32 Å². The second-order valence-corrected chi connectivity index (χ2v) is 7.24. The van der Waals surface area contributed by atoms with Crippen LogP contribution in [0.4, 0.5) is 18.9 Å². The first-order chi connectivity index (χ1) is 11.0. The molecule has 2 aromatic carbocycles. The van der Waals surface area contributed by atoms with Crippen LogP contribution in [0.1, 0.15) is 36.0 Å². The number of anilines is 1. The predicted molar refractivity (Wildman–Crippen MR) is 86.1 cm³/mol. The highest BCUT2D eigenvalue weighted by molar-refractivity contribution is 7.99. The van der Waals surface area contributed by atoms with Crippen LogP contribution in [-0.2, 0) is 12.6 Å². The fraction of sp³-hybridized carbons (Fsp3) is 0.333. The van der Waals surface area contributed by atoms with Gasteiger partial charge in [-0.3, -0.25) is 0 Å². The fourth-order valence-electron chi connectivity index (χ4n) is 3.04. The van der Waals surface area contributed by atoms with Crippen LogP contribution in [-0.4, -0.2) is 6.04 Å². The predicted octanol–water partition coefficient (Wildman–Crippen LogP) is 5.73. The summed E-state index contributed by atoms with van der Waals surface area (Å²) in [5, 5.41) is 3.34. The van der Waals surface area contributed by atoms with Crippen molar-refractivity contribution in [2.75, 3.05) is 5.32 Å². The molecule has 0 amide bonds. The number of benzene rings is 2. The number of rotatable bonds is 2. The van der Waals surface area contributed by atoms with E-state index in [0.717, 1.165) is 34.6 Å². The minimum absolute atomic E-state index is 0.310. The van der Waals surface area contributed by atoms with Gasteiger partial charge in [-0.15, -0.1) is 0 Å². The second kappa shape index (κ2) is 5.48. The largest absolute Gasteiger partial charge is 0.416 e. The molecule has 1 aliphatic carbocycles. The SMILES string of the molecule is FC(F)(F)c1cc(NC2CCC2)c2c(c1)Sc1ccccc1C2. The number of hydrogen-bond donors (Lipinski definition) is 1. The van der Waals surface area contributed by atoms with Crippen LogP contribution in [0.15, 0.2) is 46.2 Å². The van der Waals surface area contributed by atoms with Crippen LogP contribution in [0.5, 0.6) is 0 Å². The molecule has 23 heavy (non-hydrogen) atoms. The Labute approximate surface area is 137 Å². The van der Waals surface area contributed by atoms with Crippen LogP contribution in [0, 0.1) is 0 Å². The average Bonchev–Trinajstić information content (AvgIpc) is 2.47. The molecule has 0 aromatic heterocycles. The van der Waals surface area contributed by atoms with E-state index in [0.29, 0.717) is 18.2 Å². The van der Waals surface area contributed by atoms with E-state index in [1.54, 1.807) is 0 Å². The molecule has 0 radical (unpaired) electrons. The summed E-state index contributed by atoms with van der Waals surface area (Å²) in [7, 11) is 0. The average molecular weight is 335 g/mol. The number of fused-ring (bicyclic) bond motifs is 2. The Bertz CT molecular complexity index is 750. The molecule has 1 nitrogen and oxygen atoms in total. The Morgan fingerprint density at radius 1 is 1.04 bits per heavy atom. The van der Waals surface area contributed by atoms with Gasteiger partial charge in [-0.1, -0.05) is 30.0 Å². The molecule has 0 spiro atoms. The van der Waals surface area contributed by atoms with Crippen molar-refractivity contribution in [3.63, 3.8) is 0 Å². The van der Waals surface area contributed by atoms with E-state index in [2.05, 4.69) is 11.4 Å². The summed E-state index contributed by atoms with van der Waals surface area (Å²) in [4.78, 5) is 1.77. The van der Waals surface area contributed by atoms with E-state index >= 15 is 0 Å². The van der Waals surface area contributed by atoms with E-state index in [-0.39, 0.29) is 0 Å². The molecule has 1 saturated carbocycles. The van der Waals surface area contributed by atoms with Gasteiger partial charge >= 0.3 is 6.18 Å². The van der Waals surface area contributed by atoms with Gasteiger partial charge in [0.05, 0.1) is 5.56 Å². The van der Waals surface area contributed by atoms with Crippen molar-refractivity contribution in [3.05, 3.63) is 53.1 Å². The van der Waals surface area contributed by atoms with Gasteiger partial charge in [0.1, 0.15) is 0 Å². The van der Waals surface area contributed by atoms with E-state index in [9.17, 15) is 13.2 Å². The first-order valence-corrected chi connectivity index (χ1v) is 8.59. The highest BCUT2D eigenvalue weighted by Crippen LogP contribution is 2.45. The van der Waals surface area contributed by atoms with Gasteiger partial charge < -0.3 is 5.32 Å². The van der Waals surface area contributed by atoms with Gasteiger partial charge in [0.2, 0.25) is 0 Å². The minimum Gasteiger partial charge on any atom is -0.382 e. The molecule has 2 aromatic rings. The molecular weight excluding hydrogens is 319 g/mol. The molecule has 4 rings (SSSR count). The number of halogens is 3. The van der Waals surface area contributed by atoms with E-state index in [4.69, 9.17) is 0 Å². The summed E-state index contributed by atoms with van der Waals surface area (Å²) >= 11 is 1.44. The zero-order chi connectivity index (χ0) is 16.0. The van der Waals surface area contributed by atoms with Gasteiger partial charge in [-0.2, -0.15) is 13.2 Å². The van der Waals surface area contributed by atoms with Crippen molar-refractivity contribution in [1.29, 1.82) is 0 Å². The Kier molecular flexibility index (Phi) is 3.56. The smallest absolute Gasteiger partial charge is 0.382 e. The molecule has 1 N–H and O–H groups in total. The van der Waals surface area contributed by atoms with Crippen molar-refractivity contribution < 1.29 is 13.2 Å². The molecule has 1 heterocycles. The first kappa shape index (κ1) is 14.9. The molecule has 1 aliphatic heterocycles. The molecule has 5 heteroatoms. The summed E-state index contributed by atoms with van der Waals surface area (Å²) in [6.45, 7) is 0. The second-order valence-electron chi connectivity index (χ2n) is 6.16. The lowest BCUT2D eigenvalue weighted by molar-refractivity contribution is -0.137. The van der Waals surface area contributed by atoms with E-state index in [1.807, 2.05) is 18.2 Å². The molecule has 2 aliphatic rings. The Balaban J connectivity index is 1.78. The minimum atomic E-state index is -4.32. The number of nitrogens with one attached hydrogen (secondary N) is 1. The molecule has 1 fully saturated rings. The highest BCUT2D eigenvalue weighted by Gasteiger charge is 2.34. The molecule has 0 atom stereocenters. The molecule has 0 saturated heterocycles. The van der Waals surface area contributed by atoms with Crippen molar-refractivity contribution in [2.24, 2.45) is 0 Å². The zero-order valence-corrected chi connectivity index (χ0v) is 13.2. The lowest BCUT2D eigenvalue weighted by atomic mass is 9.91. The summed E-state index contributed by atoms with van der Waals surface area (Å²) in [5.41, 5.74) is 2.27. The summed E-state index contributed by atoms with van der Waals surface area (Å²) < 4.78 is 39.7. The standard InChI is InChI=1S/C18H16F3NS/c19-18(20,21)12-9-15(22-13-5-3-6-13)14-8-11-4-1-2-7-16(11)23-17(14)10-12/h1-2,4,7,9-10,13,22H,3,5-6,8H2. The highest BCUT2D eigenvalue weighted by atomic mass is 32.2. The maximum atomic E-state index is 13.2. The topological polar surface area (TPSA) is 12.0 Å². The zero-order valence-electron chi connectivity index (χ0n) is 12.4. The maximum absolute atomic E-state index is 13.2. The third-order valence-corrected chi connectivity index (χ3v) is 5.76. The van der Waals surface area contributed by atoms with Gasteiger partial charge in [0, 0.05) is 27.9 Å². The molecule has 120 valence electrons. The van der Waals surface area contributed by atoms with Gasteiger partial charge in [-0.05, 0) is 48.6 Å². The monoisotopic (exact) mass is 335 g/mol. The quantitative estimate of drug-likeness (QED) is 0.642. The van der Waals surface area contributed by atoms with Crippen LogP contribution in [0.2, 0.25) is 0 Å². The van der Waals surface area contributed by atoms with E-state index < -0.39 is 11.7 Å². The third-order valence-electron chi connectivity index (χ3n) is 4.56. The summed E-state index contributed by atoms with van der Waals surface area (Å²) in [6, 6.07) is 10.8. The van der Waals surface area contributed by atoms with Crippen molar-refractivity contribution in [2.45, 2.75) is 47.7 Å². The van der Waals surface area contributed by atoms with Crippen molar-refractivity contribution in [3.8, 4) is 0 Å². The van der Waals surface area contributed by atoms with Crippen molar-refractivity contribution >= 4 is 17.4 Å². The Hall–Kier alpha value is -1.62. The Morgan fingerprint density at radius 2 is 1.83 bits per heavy atom. The van der Waals surface area contributed by atoms with Crippen LogP contribution >= 0.6 is 11.8 Å². The number of hydrogen-bond acceptors (Lipinski definition) is 2. The lowest BCUT2D eigenvalue weighted by Crippen LogP contribution is -2.28. The Morgan fingerprint density at radius 3 is 2.52 bits per heavy atom. The molecule has 0 bridgehead atoms. The van der Waals surface area contributed by atoms with E-state index in [1.165, 1.54) is 29.5 Å².